The molecule has 2 aliphatic heterocycles. The minimum absolute atomic E-state index is 0.0278. The summed E-state index contributed by atoms with van der Waals surface area (Å²) in [5.74, 6) is -1.51. The fraction of sp³-hybridized carbons (Fsp3) is 0.722. The molecular weight excluding hydrogens is 352 g/mol. The smallest absolute Gasteiger partial charge is 0.320 e. The minimum atomic E-state index is -0.637. The quantitative estimate of drug-likeness (QED) is 0.677. The summed E-state index contributed by atoms with van der Waals surface area (Å²) in [6.07, 6.45) is 2.65. The topological polar surface area (TPSA) is 122 Å². The van der Waals surface area contributed by atoms with E-state index in [0.717, 1.165) is 0 Å². The highest BCUT2D eigenvalue weighted by Crippen LogP contribution is 2.18. The number of hydrogen-bond donors (Lipinski definition) is 2. The van der Waals surface area contributed by atoms with Crippen molar-refractivity contribution in [2.75, 3.05) is 32.8 Å². The number of rotatable bonds is 5. The third-order valence-corrected chi connectivity index (χ3v) is 5.11. The van der Waals surface area contributed by atoms with Gasteiger partial charge in [-0.25, -0.2) is 4.79 Å². The van der Waals surface area contributed by atoms with Gasteiger partial charge in [0.15, 0.2) is 5.78 Å². The Kier molecular flexibility index (Phi) is 7.58. The molecule has 9 heteroatoms. The molecule has 0 saturated carbocycles. The van der Waals surface area contributed by atoms with E-state index < -0.39 is 23.8 Å². The van der Waals surface area contributed by atoms with Crippen LogP contribution in [0, 0.1) is 12.3 Å². The zero-order valence-corrected chi connectivity index (χ0v) is 16.0. The molecule has 2 saturated heterocycles. The van der Waals surface area contributed by atoms with Gasteiger partial charge in [0.25, 0.3) is 0 Å². The Morgan fingerprint density at radius 2 is 1.96 bits per heavy atom. The van der Waals surface area contributed by atoms with Gasteiger partial charge in [0.1, 0.15) is 0 Å². The summed E-state index contributed by atoms with van der Waals surface area (Å²) in [5.41, 5.74) is 5.18. The van der Waals surface area contributed by atoms with Crippen molar-refractivity contribution in [3.63, 3.8) is 0 Å². The molecule has 0 aromatic carbocycles. The molecule has 4 amide bonds. The number of ketones is 1. The highest BCUT2D eigenvalue weighted by atomic mass is 16.5. The van der Waals surface area contributed by atoms with E-state index in [4.69, 9.17) is 10.5 Å². The lowest BCUT2D eigenvalue weighted by atomic mass is 10.0. The Labute approximate surface area is 159 Å². The summed E-state index contributed by atoms with van der Waals surface area (Å²) in [6, 6.07) is -0.888. The van der Waals surface area contributed by atoms with Gasteiger partial charge in [0, 0.05) is 25.0 Å². The van der Waals surface area contributed by atoms with Crippen LogP contribution < -0.4 is 11.1 Å². The lowest BCUT2D eigenvalue weighted by Crippen LogP contribution is -2.52. The predicted molar refractivity (Wildman–Crippen MR) is 97.4 cm³/mol. The van der Waals surface area contributed by atoms with Crippen LogP contribution in [0.4, 0.5) is 4.79 Å². The third kappa shape index (κ3) is 5.92. The first-order chi connectivity index (χ1) is 12.8. The van der Waals surface area contributed by atoms with Crippen LogP contribution in [0.25, 0.3) is 0 Å². The van der Waals surface area contributed by atoms with Crippen molar-refractivity contribution in [2.45, 2.75) is 45.2 Å². The van der Waals surface area contributed by atoms with Gasteiger partial charge in [-0.2, -0.15) is 0 Å². The Morgan fingerprint density at radius 1 is 1.30 bits per heavy atom. The second-order valence-corrected chi connectivity index (χ2v) is 7.21. The fourth-order valence-electron chi connectivity index (χ4n) is 3.13. The van der Waals surface area contributed by atoms with Gasteiger partial charge < -0.3 is 25.6 Å². The van der Waals surface area contributed by atoms with E-state index in [1.807, 2.05) is 6.92 Å². The summed E-state index contributed by atoms with van der Waals surface area (Å²) < 4.78 is 5.27. The SMILES string of the molecule is C[C@@H]1CC[C@H](NC(=O)[CH]C[C@H](C)C(N)=O)C(=O)CN1C(=O)N1CCOCC1. The molecule has 0 aromatic rings. The predicted octanol–water partition coefficient (Wildman–Crippen LogP) is -0.307. The number of nitrogens with one attached hydrogen (secondary N) is 1. The van der Waals surface area contributed by atoms with Crippen LogP contribution in [0.1, 0.15) is 33.1 Å². The number of nitrogens with zero attached hydrogens (tertiary/aromatic N) is 2. The normalized spacial score (nSPS) is 24.9. The first-order valence-electron chi connectivity index (χ1n) is 9.38. The van der Waals surface area contributed by atoms with E-state index >= 15 is 0 Å². The van der Waals surface area contributed by atoms with Gasteiger partial charge in [0.05, 0.1) is 32.2 Å². The summed E-state index contributed by atoms with van der Waals surface area (Å²) in [5, 5.41) is 2.69. The molecule has 2 heterocycles. The average molecular weight is 381 g/mol. The van der Waals surface area contributed by atoms with Crippen LogP contribution in [0.2, 0.25) is 0 Å². The number of hydrogen-bond acceptors (Lipinski definition) is 5. The van der Waals surface area contributed by atoms with E-state index in [0.29, 0.717) is 39.1 Å². The van der Waals surface area contributed by atoms with Crippen LogP contribution in [-0.4, -0.2) is 78.4 Å². The van der Waals surface area contributed by atoms with Crippen molar-refractivity contribution < 1.29 is 23.9 Å². The van der Waals surface area contributed by atoms with Crippen LogP contribution in [0.15, 0.2) is 0 Å². The highest BCUT2D eigenvalue weighted by Gasteiger charge is 2.34. The van der Waals surface area contributed by atoms with Gasteiger partial charge in [-0.3, -0.25) is 14.4 Å². The van der Waals surface area contributed by atoms with Crippen molar-refractivity contribution in [1.82, 2.24) is 15.1 Å². The molecule has 0 bridgehead atoms. The van der Waals surface area contributed by atoms with Gasteiger partial charge >= 0.3 is 6.03 Å². The number of Topliss-reactive ketones (excluding diaryl/α,β-unsaturated/α-hetero) is 1. The molecule has 2 rings (SSSR count). The first kappa shape index (κ1) is 21.1. The maximum atomic E-state index is 12.7. The van der Waals surface area contributed by atoms with E-state index in [1.54, 1.807) is 16.7 Å². The Balaban J connectivity index is 1.90. The summed E-state index contributed by atoms with van der Waals surface area (Å²) in [7, 11) is 0. The minimum Gasteiger partial charge on any atom is -0.378 e. The van der Waals surface area contributed by atoms with Crippen LogP contribution in [-0.2, 0) is 19.1 Å². The lowest BCUT2D eigenvalue weighted by molar-refractivity contribution is -0.126. The Bertz CT molecular complexity index is 576. The second-order valence-electron chi connectivity index (χ2n) is 7.21. The molecule has 0 spiro atoms. The van der Waals surface area contributed by atoms with Crippen molar-refractivity contribution >= 4 is 23.6 Å². The van der Waals surface area contributed by atoms with Crippen molar-refractivity contribution in [3.8, 4) is 0 Å². The molecule has 0 aromatic heterocycles. The van der Waals surface area contributed by atoms with E-state index in [-0.39, 0.29) is 30.8 Å². The van der Waals surface area contributed by atoms with E-state index in [9.17, 15) is 19.2 Å². The average Bonchev–Trinajstić information content (AvgIpc) is 2.79. The molecule has 2 fully saturated rings. The van der Waals surface area contributed by atoms with Gasteiger partial charge in [-0.1, -0.05) is 6.92 Å². The molecule has 2 aliphatic rings. The number of carbonyl (C=O) groups is 4. The number of primary amides is 1. The summed E-state index contributed by atoms with van der Waals surface area (Å²) in [4.78, 5) is 51.7. The number of ether oxygens (including phenoxy) is 1. The fourth-order valence-corrected chi connectivity index (χ4v) is 3.13. The van der Waals surface area contributed by atoms with Gasteiger partial charge in [0.2, 0.25) is 11.8 Å². The number of urea groups is 1. The molecule has 0 aliphatic carbocycles. The number of amides is 4. The van der Waals surface area contributed by atoms with E-state index in [1.165, 1.54) is 6.42 Å². The number of morpholine rings is 1. The Hall–Kier alpha value is -2.16. The zero-order chi connectivity index (χ0) is 20.0. The third-order valence-electron chi connectivity index (χ3n) is 5.11. The number of carbonyl (C=O) groups excluding carboxylic acids is 4. The Morgan fingerprint density at radius 3 is 2.59 bits per heavy atom. The molecule has 3 N–H and O–H groups in total. The van der Waals surface area contributed by atoms with E-state index in [2.05, 4.69) is 5.32 Å². The van der Waals surface area contributed by atoms with Crippen LogP contribution in [0.3, 0.4) is 0 Å². The summed E-state index contributed by atoms with van der Waals surface area (Å²) in [6.45, 7) is 5.56. The molecular formula is C18H29N4O5. The number of likely N-dealkylation sites (tertiary alicyclic amines) is 1. The van der Waals surface area contributed by atoms with Gasteiger partial charge in [-0.05, 0) is 26.2 Å². The lowest BCUT2D eigenvalue weighted by Gasteiger charge is -2.34. The van der Waals surface area contributed by atoms with Crippen LogP contribution >= 0.6 is 0 Å². The first-order valence-corrected chi connectivity index (χ1v) is 9.38. The summed E-state index contributed by atoms with van der Waals surface area (Å²) >= 11 is 0. The molecule has 0 unspecified atom stereocenters. The van der Waals surface area contributed by atoms with Crippen molar-refractivity contribution in [2.24, 2.45) is 11.7 Å². The van der Waals surface area contributed by atoms with Gasteiger partial charge in [-0.15, -0.1) is 0 Å². The number of nitrogens with two attached hydrogens (primary N) is 1. The molecule has 9 nitrogen and oxygen atoms in total. The standard InChI is InChI=1S/C18H29N4O5/c1-12(17(19)25)3-6-16(24)20-14-5-4-13(2)22(11-15(14)23)18(26)21-7-9-27-10-8-21/h6,12-14H,3-5,7-11H2,1-2H3,(H2,19,25)(H,20,24)/t12-,13+,14-/m0/s1. The maximum Gasteiger partial charge on any atom is 0.320 e. The van der Waals surface area contributed by atoms with Crippen molar-refractivity contribution in [1.29, 1.82) is 0 Å². The molecule has 1 radical (unpaired) electrons. The molecule has 27 heavy (non-hydrogen) atoms. The highest BCUT2D eigenvalue weighted by molar-refractivity contribution is 5.95. The van der Waals surface area contributed by atoms with Crippen LogP contribution in [0.5, 0.6) is 0 Å². The van der Waals surface area contributed by atoms with Crippen molar-refractivity contribution in [3.05, 3.63) is 6.42 Å². The zero-order valence-electron chi connectivity index (χ0n) is 16.0. The monoisotopic (exact) mass is 381 g/mol. The molecule has 3 atom stereocenters. The molecule has 151 valence electrons. The largest absolute Gasteiger partial charge is 0.378 e. The maximum absolute atomic E-state index is 12.7. The second kappa shape index (κ2) is 9.68.